The molecule has 26 heavy (non-hydrogen) atoms. The van der Waals surface area contributed by atoms with Gasteiger partial charge >= 0.3 is 5.97 Å². The van der Waals surface area contributed by atoms with Gasteiger partial charge in [-0.05, 0) is 56.4 Å². The monoisotopic (exact) mass is 351 g/mol. The van der Waals surface area contributed by atoms with Gasteiger partial charge in [0, 0.05) is 12.1 Å². The summed E-state index contributed by atoms with van der Waals surface area (Å²) in [6, 6.07) is 15.0. The minimum atomic E-state index is -0.322. The molecule has 0 bridgehead atoms. The van der Waals surface area contributed by atoms with E-state index in [4.69, 9.17) is 4.74 Å². The second-order valence-electron chi connectivity index (χ2n) is 6.88. The fourth-order valence-corrected chi connectivity index (χ4v) is 3.46. The molecule has 136 valence electrons. The quantitative estimate of drug-likeness (QED) is 0.777. The van der Waals surface area contributed by atoms with Crippen LogP contribution in [-0.2, 0) is 4.74 Å². The van der Waals surface area contributed by atoms with Crippen LogP contribution in [0.4, 0.5) is 0 Å². The van der Waals surface area contributed by atoms with E-state index in [1.807, 2.05) is 61.2 Å². The number of hydrogen-bond donors (Lipinski definition) is 0. The Kier molecular flexibility index (Phi) is 5.71. The van der Waals surface area contributed by atoms with Gasteiger partial charge in [-0.2, -0.15) is 0 Å². The van der Waals surface area contributed by atoms with Crippen molar-refractivity contribution in [3.8, 4) is 0 Å². The van der Waals surface area contributed by atoms with E-state index in [0.29, 0.717) is 12.1 Å². The number of amides is 1. The van der Waals surface area contributed by atoms with Gasteiger partial charge in [-0.1, -0.05) is 36.4 Å². The number of piperidine rings is 1. The lowest BCUT2D eigenvalue weighted by molar-refractivity contribution is 0.0251. The summed E-state index contributed by atoms with van der Waals surface area (Å²) in [4.78, 5) is 27.2. The maximum atomic E-state index is 13.0. The first kappa shape index (κ1) is 18.2. The van der Waals surface area contributed by atoms with Crippen LogP contribution in [0.5, 0.6) is 0 Å². The predicted octanol–water partition coefficient (Wildman–Crippen LogP) is 4.16. The zero-order chi connectivity index (χ0) is 18.5. The lowest BCUT2D eigenvalue weighted by Gasteiger charge is -2.35. The first-order chi connectivity index (χ1) is 12.6. The van der Waals surface area contributed by atoms with Crippen LogP contribution in [0.1, 0.15) is 51.1 Å². The maximum Gasteiger partial charge on any atom is 0.338 e. The van der Waals surface area contributed by atoms with Gasteiger partial charge < -0.3 is 9.64 Å². The second-order valence-corrected chi connectivity index (χ2v) is 6.88. The van der Waals surface area contributed by atoms with E-state index in [-0.39, 0.29) is 24.5 Å². The normalized spacial score (nSPS) is 17.0. The fraction of sp³-hybridized carbons (Fsp3) is 0.364. The third-order valence-electron chi connectivity index (χ3n) is 5.04. The molecule has 3 rings (SSSR count). The first-order valence-electron chi connectivity index (χ1n) is 9.17. The smallest absolute Gasteiger partial charge is 0.338 e. The molecule has 1 heterocycles. The van der Waals surface area contributed by atoms with E-state index in [9.17, 15) is 9.59 Å². The largest absolute Gasteiger partial charge is 0.460 e. The predicted molar refractivity (Wildman–Crippen MR) is 101 cm³/mol. The molecule has 4 heteroatoms. The van der Waals surface area contributed by atoms with Crippen molar-refractivity contribution in [1.82, 2.24) is 4.90 Å². The SMILES string of the molecule is Cc1ccccc1C(=O)OCC1CCCCN1C(=O)c1ccccc1C. The van der Waals surface area contributed by atoms with Crippen LogP contribution in [0.2, 0.25) is 0 Å². The summed E-state index contributed by atoms with van der Waals surface area (Å²) in [6.07, 6.45) is 2.89. The molecule has 1 unspecified atom stereocenters. The number of likely N-dealkylation sites (tertiary alicyclic amines) is 1. The van der Waals surface area contributed by atoms with Crippen LogP contribution in [0.3, 0.4) is 0 Å². The zero-order valence-corrected chi connectivity index (χ0v) is 15.4. The Bertz CT molecular complexity index is 799. The third kappa shape index (κ3) is 3.96. The highest BCUT2D eigenvalue weighted by atomic mass is 16.5. The summed E-state index contributed by atoms with van der Waals surface area (Å²) in [6.45, 7) is 4.79. The highest BCUT2D eigenvalue weighted by Crippen LogP contribution is 2.22. The molecular formula is C22H25NO3. The Morgan fingerprint density at radius 2 is 1.58 bits per heavy atom. The summed E-state index contributed by atoms with van der Waals surface area (Å²) in [5.41, 5.74) is 3.18. The third-order valence-corrected chi connectivity index (χ3v) is 5.04. The number of carbonyl (C=O) groups excluding carboxylic acids is 2. The van der Waals surface area contributed by atoms with Gasteiger partial charge in [0.25, 0.3) is 5.91 Å². The molecule has 0 aliphatic carbocycles. The van der Waals surface area contributed by atoms with Gasteiger partial charge in [-0.3, -0.25) is 4.79 Å². The van der Waals surface area contributed by atoms with E-state index in [1.165, 1.54) is 0 Å². The van der Waals surface area contributed by atoms with Crippen LogP contribution in [0.15, 0.2) is 48.5 Å². The second kappa shape index (κ2) is 8.17. The van der Waals surface area contributed by atoms with Crippen LogP contribution in [0, 0.1) is 13.8 Å². The lowest BCUT2D eigenvalue weighted by Crippen LogP contribution is -2.46. The van der Waals surface area contributed by atoms with E-state index >= 15 is 0 Å². The van der Waals surface area contributed by atoms with Gasteiger partial charge in [0.2, 0.25) is 0 Å². The fourth-order valence-electron chi connectivity index (χ4n) is 3.46. The Hall–Kier alpha value is -2.62. The molecule has 1 aliphatic rings. The minimum Gasteiger partial charge on any atom is -0.460 e. The van der Waals surface area contributed by atoms with E-state index < -0.39 is 0 Å². The van der Waals surface area contributed by atoms with Gasteiger partial charge in [0.1, 0.15) is 6.61 Å². The van der Waals surface area contributed by atoms with Crippen molar-refractivity contribution in [2.24, 2.45) is 0 Å². The summed E-state index contributed by atoms with van der Waals surface area (Å²) in [5.74, 6) is -0.295. The number of benzene rings is 2. The summed E-state index contributed by atoms with van der Waals surface area (Å²) in [5, 5.41) is 0. The van der Waals surface area contributed by atoms with Gasteiger partial charge in [-0.25, -0.2) is 4.79 Å². The summed E-state index contributed by atoms with van der Waals surface area (Å²) in [7, 11) is 0. The average molecular weight is 351 g/mol. The topological polar surface area (TPSA) is 46.6 Å². The lowest BCUT2D eigenvalue weighted by atomic mass is 10.00. The summed E-state index contributed by atoms with van der Waals surface area (Å²) < 4.78 is 5.56. The molecule has 1 saturated heterocycles. The molecule has 4 nitrogen and oxygen atoms in total. The van der Waals surface area contributed by atoms with Crippen molar-refractivity contribution in [3.63, 3.8) is 0 Å². The average Bonchev–Trinajstić information content (AvgIpc) is 2.66. The highest BCUT2D eigenvalue weighted by molar-refractivity contribution is 5.96. The van der Waals surface area contributed by atoms with Crippen molar-refractivity contribution in [2.45, 2.75) is 39.2 Å². The number of rotatable bonds is 4. The van der Waals surface area contributed by atoms with Gasteiger partial charge in [0.15, 0.2) is 0 Å². The number of carbonyl (C=O) groups is 2. The molecule has 2 aromatic carbocycles. The standard InChI is InChI=1S/C22H25NO3/c1-16-9-3-5-12-19(16)21(24)23-14-8-7-11-18(23)15-26-22(25)20-13-6-4-10-17(20)2/h3-6,9-10,12-13,18H,7-8,11,14-15H2,1-2H3. The van der Waals surface area contributed by atoms with Crippen LogP contribution in [-0.4, -0.2) is 36.0 Å². The van der Waals surface area contributed by atoms with Crippen molar-refractivity contribution in [2.75, 3.05) is 13.2 Å². The molecule has 1 atom stereocenters. The van der Waals surface area contributed by atoms with E-state index in [1.54, 1.807) is 6.07 Å². The molecular weight excluding hydrogens is 326 g/mol. The van der Waals surface area contributed by atoms with Crippen molar-refractivity contribution in [3.05, 3.63) is 70.8 Å². The zero-order valence-electron chi connectivity index (χ0n) is 15.4. The molecule has 1 amide bonds. The van der Waals surface area contributed by atoms with Gasteiger partial charge in [-0.15, -0.1) is 0 Å². The van der Waals surface area contributed by atoms with Crippen LogP contribution >= 0.6 is 0 Å². The number of aryl methyl sites for hydroxylation is 2. The molecule has 0 N–H and O–H groups in total. The van der Waals surface area contributed by atoms with Crippen molar-refractivity contribution in [1.29, 1.82) is 0 Å². The summed E-state index contributed by atoms with van der Waals surface area (Å²) >= 11 is 0. The number of nitrogens with zero attached hydrogens (tertiary/aromatic N) is 1. The van der Waals surface area contributed by atoms with Crippen molar-refractivity contribution < 1.29 is 14.3 Å². The Morgan fingerprint density at radius 1 is 0.962 bits per heavy atom. The molecule has 0 spiro atoms. The van der Waals surface area contributed by atoms with Gasteiger partial charge in [0.05, 0.1) is 11.6 Å². The Labute approximate surface area is 154 Å². The molecule has 0 saturated carbocycles. The maximum absolute atomic E-state index is 13.0. The molecule has 1 fully saturated rings. The Morgan fingerprint density at radius 3 is 2.23 bits per heavy atom. The molecule has 0 radical (unpaired) electrons. The molecule has 1 aliphatic heterocycles. The number of ether oxygens (including phenoxy) is 1. The van der Waals surface area contributed by atoms with Crippen LogP contribution < -0.4 is 0 Å². The minimum absolute atomic E-state index is 0.0275. The Balaban J connectivity index is 1.70. The number of hydrogen-bond acceptors (Lipinski definition) is 3. The van der Waals surface area contributed by atoms with Crippen molar-refractivity contribution >= 4 is 11.9 Å². The van der Waals surface area contributed by atoms with E-state index in [0.717, 1.165) is 36.0 Å². The highest BCUT2D eigenvalue weighted by Gasteiger charge is 2.29. The molecule has 2 aromatic rings. The number of esters is 1. The first-order valence-corrected chi connectivity index (χ1v) is 9.17. The van der Waals surface area contributed by atoms with Crippen LogP contribution in [0.25, 0.3) is 0 Å². The molecule has 0 aromatic heterocycles. The van der Waals surface area contributed by atoms with E-state index in [2.05, 4.69) is 0 Å².